The number of nitrogens with one attached hydrogen (secondary N) is 1. The Hall–Kier alpha value is -2.47. The van der Waals surface area contributed by atoms with Crippen LogP contribution in [0.5, 0.6) is 0 Å². The summed E-state index contributed by atoms with van der Waals surface area (Å²) in [6, 6.07) is 13.2. The lowest BCUT2D eigenvalue weighted by Crippen LogP contribution is -2.30. The van der Waals surface area contributed by atoms with Crippen molar-refractivity contribution in [3.05, 3.63) is 64.1 Å². The lowest BCUT2D eigenvalue weighted by molar-refractivity contribution is -0.123. The Labute approximate surface area is 148 Å². The number of carbonyl (C=O) groups excluding carboxylic acids is 3. The maximum Gasteiger partial charge on any atom is 0.338 e. The summed E-state index contributed by atoms with van der Waals surface area (Å²) in [7, 11) is 0. The monoisotopic (exact) mass is 389 g/mol. The first-order chi connectivity index (χ1) is 11.4. The van der Waals surface area contributed by atoms with Gasteiger partial charge in [0.25, 0.3) is 5.91 Å². The molecule has 2 rings (SSSR count). The standard InChI is InChI=1S/C18H16BrNO4/c1-11(21)13-6-8-16(9-7-13)20-17(22)12(2)24-18(23)14-4-3-5-15(19)10-14/h3-10,12H,1-2H3,(H,20,22). The van der Waals surface area contributed by atoms with E-state index in [4.69, 9.17) is 4.74 Å². The summed E-state index contributed by atoms with van der Waals surface area (Å²) < 4.78 is 5.91. The van der Waals surface area contributed by atoms with Crippen LogP contribution in [0.4, 0.5) is 5.69 Å². The summed E-state index contributed by atoms with van der Waals surface area (Å²) in [5.74, 6) is -1.08. The van der Waals surface area contributed by atoms with E-state index in [1.807, 2.05) is 0 Å². The minimum atomic E-state index is -0.955. The van der Waals surface area contributed by atoms with Crippen molar-refractivity contribution in [2.75, 3.05) is 5.32 Å². The van der Waals surface area contributed by atoms with E-state index in [0.717, 1.165) is 4.47 Å². The second-order valence-corrected chi connectivity index (χ2v) is 6.10. The van der Waals surface area contributed by atoms with Crippen molar-refractivity contribution in [3.8, 4) is 0 Å². The van der Waals surface area contributed by atoms with Crippen molar-refractivity contribution >= 4 is 39.3 Å². The number of hydrogen-bond acceptors (Lipinski definition) is 4. The van der Waals surface area contributed by atoms with Crippen molar-refractivity contribution in [2.45, 2.75) is 20.0 Å². The van der Waals surface area contributed by atoms with Crippen molar-refractivity contribution in [3.63, 3.8) is 0 Å². The molecule has 1 atom stereocenters. The van der Waals surface area contributed by atoms with E-state index in [9.17, 15) is 14.4 Å². The Balaban J connectivity index is 1.96. The van der Waals surface area contributed by atoms with E-state index in [2.05, 4.69) is 21.2 Å². The molecule has 0 aliphatic heterocycles. The van der Waals surface area contributed by atoms with Gasteiger partial charge in [0, 0.05) is 15.7 Å². The number of carbonyl (C=O) groups is 3. The molecule has 1 unspecified atom stereocenters. The summed E-state index contributed by atoms with van der Waals surface area (Å²) in [4.78, 5) is 35.3. The maximum atomic E-state index is 12.1. The van der Waals surface area contributed by atoms with Gasteiger partial charge in [0.2, 0.25) is 0 Å². The number of anilines is 1. The van der Waals surface area contributed by atoms with Gasteiger partial charge in [-0.05, 0) is 56.3 Å². The Morgan fingerprint density at radius 1 is 1.04 bits per heavy atom. The smallest absolute Gasteiger partial charge is 0.338 e. The van der Waals surface area contributed by atoms with Gasteiger partial charge in [-0.2, -0.15) is 0 Å². The molecule has 0 saturated carbocycles. The second kappa shape index (κ2) is 7.88. The average molecular weight is 390 g/mol. The predicted molar refractivity (Wildman–Crippen MR) is 94.1 cm³/mol. The molecule has 0 heterocycles. The number of Topliss-reactive ketones (excluding diaryl/α,β-unsaturated/α-hetero) is 1. The molecule has 0 aliphatic rings. The molecule has 0 radical (unpaired) electrons. The molecule has 0 fully saturated rings. The van der Waals surface area contributed by atoms with E-state index < -0.39 is 18.0 Å². The van der Waals surface area contributed by atoms with Gasteiger partial charge in [-0.3, -0.25) is 9.59 Å². The third-order valence-electron chi connectivity index (χ3n) is 3.27. The molecule has 124 valence electrons. The van der Waals surface area contributed by atoms with Gasteiger partial charge in [-0.1, -0.05) is 22.0 Å². The number of ether oxygens (including phenoxy) is 1. The van der Waals surface area contributed by atoms with E-state index in [-0.39, 0.29) is 5.78 Å². The van der Waals surface area contributed by atoms with Gasteiger partial charge in [0.15, 0.2) is 11.9 Å². The zero-order valence-corrected chi connectivity index (χ0v) is 14.8. The lowest BCUT2D eigenvalue weighted by atomic mass is 10.1. The topological polar surface area (TPSA) is 72.5 Å². The average Bonchev–Trinajstić information content (AvgIpc) is 2.55. The molecule has 6 heteroatoms. The predicted octanol–water partition coefficient (Wildman–Crippen LogP) is 3.84. The van der Waals surface area contributed by atoms with Crippen molar-refractivity contribution < 1.29 is 19.1 Å². The van der Waals surface area contributed by atoms with Gasteiger partial charge >= 0.3 is 5.97 Å². The molecule has 5 nitrogen and oxygen atoms in total. The molecule has 0 aromatic heterocycles. The molecule has 1 amide bonds. The Bertz CT molecular complexity index is 771. The molecule has 2 aromatic carbocycles. The number of benzene rings is 2. The highest BCUT2D eigenvalue weighted by Crippen LogP contribution is 2.14. The Morgan fingerprint density at radius 3 is 2.29 bits per heavy atom. The van der Waals surface area contributed by atoms with Crippen molar-refractivity contribution in [2.24, 2.45) is 0 Å². The highest BCUT2D eigenvalue weighted by molar-refractivity contribution is 9.10. The fourth-order valence-electron chi connectivity index (χ4n) is 1.93. The van der Waals surface area contributed by atoms with Crippen LogP contribution in [0.15, 0.2) is 53.0 Å². The summed E-state index contributed by atoms with van der Waals surface area (Å²) >= 11 is 3.27. The van der Waals surface area contributed by atoms with Gasteiger partial charge in [-0.15, -0.1) is 0 Å². The summed E-state index contributed by atoms with van der Waals surface area (Å²) in [6.07, 6.45) is -0.955. The maximum absolute atomic E-state index is 12.1. The van der Waals surface area contributed by atoms with Gasteiger partial charge in [-0.25, -0.2) is 4.79 Å². The van der Waals surface area contributed by atoms with Crippen LogP contribution >= 0.6 is 15.9 Å². The minimum Gasteiger partial charge on any atom is -0.449 e. The first-order valence-corrected chi connectivity index (χ1v) is 8.04. The zero-order valence-electron chi connectivity index (χ0n) is 13.2. The Morgan fingerprint density at radius 2 is 1.71 bits per heavy atom. The fourth-order valence-corrected chi connectivity index (χ4v) is 2.33. The molecule has 0 bridgehead atoms. The third-order valence-corrected chi connectivity index (χ3v) is 3.77. The SMILES string of the molecule is CC(=O)c1ccc(NC(=O)C(C)OC(=O)c2cccc(Br)c2)cc1. The summed E-state index contributed by atoms with van der Waals surface area (Å²) in [5, 5.41) is 2.64. The van der Waals surface area contributed by atoms with Gasteiger partial charge in [0.1, 0.15) is 0 Å². The van der Waals surface area contributed by atoms with E-state index in [1.165, 1.54) is 13.8 Å². The van der Waals surface area contributed by atoms with Crippen LogP contribution in [0.1, 0.15) is 34.6 Å². The van der Waals surface area contributed by atoms with Gasteiger partial charge in [0.05, 0.1) is 5.56 Å². The highest BCUT2D eigenvalue weighted by atomic mass is 79.9. The van der Waals surface area contributed by atoms with Crippen LogP contribution in [0.3, 0.4) is 0 Å². The lowest BCUT2D eigenvalue weighted by Gasteiger charge is -2.14. The molecule has 0 aliphatic carbocycles. The fraction of sp³-hybridized carbons (Fsp3) is 0.167. The van der Waals surface area contributed by atoms with Crippen molar-refractivity contribution in [1.29, 1.82) is 0 Å². The third kappa shape index (κ3) is 4.76. The van der Waals surface area contributed by atoms with Crippen LogP contribution in [-0.2, 0) is 9.53 Å². The van der Waals surface area contributed by atoms with E-state index in [1.54, 1.807) is 48.5 Å². The number of halogens is 1. The van der Waals surface area contributed by atoms with Gasteiger partial charge < -0.3 is 10.1 Å². The normalized spacial score (nSPS) is 11.5. The number of ketones is 1. The largest absolute Gasteiger partial charge is 0.449 e. The number of rotatable bonds is 5. The summed E-state index contributed by atoms with van der Waals surface area (Å²) in [5.41, 5.74) is 1.44. The molecule has 0 saturated heterocycles. The quantitative estimate of drug-likeness (QED) is 0.622. The zero-order chi connectivity index (χ0) is 17.7. The molecule has 24 heavy (non-hydrogen) atoms. The molecular formula is C18H16BrNO4. The van der Waals surface area contributed by atoms with E-state index in [0.29, 0.717) is 16.8 Å². The van der Waals surface area contributed by atoms with Crippen LogP contribution in [0.2, 0.25) is 0 Å². The van der Waals surface area contributed by atoms with Crippen LogP contribution in [0, 0.1) is 0 Å². The summed E-state index contributed by atoms with van der Waals surface area (Å²) in [6.45, 7) is 2.96. The minimum absolute atomic E-state index is 0.0517. The first-order valence-electron chi connectivity index (χ1n) is 7.25. The highest BCUT2D eigenvalue weighted by Gasteiger charge is 2.19. The second-order valence-electron chi connectivity index (χ2n) is 5.18. The molecule has 2 aromatic rings. The number of amides is 1. The van der Waals surface area contributed by atoms with Crippen LogP contribution in [-0.4, -0.2) is 23.8 Å². The van der Waals surface area contributed by atoms with Crippen LogP contribution in [0.25, 0.3) is 0 Å². The number of esters is 1. The van der Waals surface area contributed by atoms with E-state index >= 15 is 0 Å². The Kier molecular flexibility index (Phi) is 5.87. The van der Waals surface area contributed by atoms with Crippen LogP contribution < -0.4 is 5.32 Å². The molecule has 1 N–H and O–H groups in total. The molecular weight excluding hydrogens is 374 g/mol. The van der Waals surface area contributed by atoms with Crippen molar-refractivity contribution in [1.82, 2.24) is 0 Å². The first kappa shape index (κ1) is 17.9. The number of hydrogen-bond donors (Lipinski definition) is 1. The molecule has 0 spiro atoms.